The fourth-order valence-corrected chi connectivity index (χ4v) is 2.59. The molecule has 122 valence electrons. The van der Waals surface area contributed by atoms with Gasteiger partial charge in [0, 0.05) is 21.4 Å². The van der Waals surface area contributed by atoms with Crippen molar-refractivity contribution in [2.75, 3.05) is 11.5 Å². The molecule has 8 heteroatoms. The smallest absolute Gasteiger partial charge is 0.408 e. The lowest BCUT2D eigenvalue weighted by Crippen LogP contribution is -2.44. The number of halogens is 1. The van der Waals surface area contributed by atoms with Gasteiger partial charge < -0.3 is 20.9 Å². The van der Waals surface area contributed by atoms with Crippen molar-refractivity contribution in [3.05, 3.63) is 23.2 Å². The molecule has 0 saturated carbocycles. The van der Waals surface area contributed by atoms with E-state index in [4.69, 9.17) is 22.1 Å². The zero-order valence-corrected chi connectivity index (χ0v) is 14.1. The molecule has 0 aliphatic heterocycles. The van der Waals surface area contributed by atoms with Gasteiger partial charge in [-0.2, -0.15) is 0 Å². The van der Waals surface area contributed by atoms with Gasteiger partial charge in [-0.25, -0.2) is 9.59 Å². The van der Waals surface area contributed by atoms with Crippen LogP contribution in [0.4, 0.5) is 10.5 Å². The second-order valence-corrected chi connectivity index (χ2v) is 7.03. The molecule has 0 bridgehead atoms. The second-order valence-electron chi connectivity index (χ2n) is 5.53. The minimum absolute atomic E-state index is 0.112. The number of thioether (sulfide) groups is 1. The lowest BCUT2D eigenvalue weighted by molar-refractivity contribution is -0.138. The van der Waals surface area contributed by atoms with Crippen LogP contribution in [0.1, 0.15) is 20.8 Å². The van der Waals surface area contributed by atoms with Crippen molar-refractivity contribution in [1.29, 1.82) is 0 Å². The van der Waals surface area contributed by atoms with E-state index in [1.165, 1.54) is 11.8 Å². The number of aliphatic carboxylic acids is 1. The summed E-state index contributed by atoms with van der Waals surface area (Å²) in [5.41, 5.74) is 5.57. The summed E-state index contributed by atoms with van der Waals surface area (Å²) >= 11 is 7.02. The molecule has 1 rings (SSSR count). The van der Waals surface area contributed by atoms with Crippen LogP contribution < -0.4 is 11.1 Å². The Bertz CT molecular complexity index is 560. The zero-order valence-electron chi connectivity index (χ0n) is 12.6. The van der Waals surface area contributed by atoms with Crippen molar-refractivity contribution in [2.45, 2.75) is 37.3 Å². The van der Waals surface area contributed by atoms with Crippen LogP contribution in [-0.2, 0) is 9.53 Å². The molecule has 0 fully saturated rings. The Labute approximate surface area is 138 Å². The average Bonchev–Trinajstić information content (AvgIpc) is 2.33. The van der Waals surface area contributed by atoms with Crippen LogP contribution in [0.15, 0.2) is 23.1 Å². The van der Waals surface area contributed by atoms with Gasteiger partial charge in [0.15, 0.2) is 0 Å². The van der Waals surface area contributed by atoms with Crippen LogP contribution in [0.25, 0.3) is 0 Å². The van der Waals surface area contributed by atoms with E-state index in [1.807, 2.05) is 0 Å². The molecular formula is C14H19ClN2O4S. The van der Waals surface area contributed by atoms with E-state index < -0.39 is 23.7 Å². The summed E-state index contributed by atoms with van der Waals surface area (Å²) in [4.78, 5) is 23.6. The number of nitrogens with one attached hydrogen (secondary N) is 1. The predicted octanol–water partition coefficient (Wildman–Crippen LogP) is 2.99. The molecule has 0 heterocycles. The minimum Gasteiger partial charge on any atom is -0.480 e. The zero-order chi connectivity index (χ0) is 16.9. The number of hydrogen-bond donors (Lipinski definition) is 3. The van der Waals surface area contributed by atoms with Gasteiger partial charge in [-0.05, 0) is 39.0 Å². The highest BCUT2D eigenvalue weighted by Crippen LogP contribution is 2.28. The Morgan fingerprint density at radius 2 is 2.09 bits per heavy atom. The number of carboxylic acid groups (broad SMARTS) is 1. The fraction of sp³-hybridized carbons (Fsp3) is 0.429. The first-order valence-corrected chi connectivity index (χ1v) is 7.85. The maximum absolute atomic E-state index is 11.6. The number of carbonyl (C=O) groups is 2. The highest BCUT2D eigenvalue weighted by molar-refractivity contribution is 7.99. The van der Waals surface area contributed by atoms with Gasteiger partial charge in [-0.15, -0.1) is 11.8 Å². The molecule has 0 aromatic heterocycles. The first-order valence-electron chi connectivity index (χ1n) is 6.48. The van der Waals surface area contributed by atoms with E-state index in [0.717, 1.165) is 0 Å². The normalized spacial score (nSPS) is 12.5. The number of anilines is 1. The minimum atomic E-state index is -1.15. The molecule has 4 N–H and O–H groups in total. The third-order valence-corrected chi connectivity index (χ3v) is 3.78. The molecule has 1 aromatic rings. The molecule has 6 nitrogen and oxygen atoms in total. The summed E-state index contributed by atoms with van der Waals surface area (Å²) < 4.78 is 5.05. The Hall–Kier alpha value is -1.60. The molecular weight excluding hydrogens is 328 g/mol. The number of alkyl carbamates (subject to hydrolysis) is 1. The molecule has 0 radical (unpaired) electrons. The number of nitrogens with two attached hydrogens (primary N) is 1. The Morgan fingerprint density at radius 3 is 2.59 bits per heavy atom. The van der Waals surface area contributed by atoms with Crippen molar-refractivity contribution in [2.24, 2.45) is 0 Å². The number of amides is 1. The highest BCUT2D eigenvalue weighted by Gasteiger charge is 2.24. The van der Waals surface area contributed by atoms with E-state index >= 15 is 0 Å². The standard InChI is InChI=1S/C14H19ClN2O4S/c1-14(2,3)21-13(20)17-10(12(18)19)7-22-11-5-4-8(15)6-9(11)16/h4-6,10H,7,16H2,1-3H3,(H,17,20)(H,18,19). The number of carbonyl (C=O) groups excluding carboxylic acids is 1. The maximum Gasteiger partial charge on any atom is 0.408 e. The van der Waals surface area contributed by atoms with Gasteiger partial charge in [-0.1, -0.05) is 11.6 Å². The molecule has 0 spiro atoms. The number of benzene rings is 1. The Kier molecular flexibility index (Phi) is 6.37. The first kappa shape index (κ1) is 18.4. The van der Waals surface area contributed by atoms with Gasteiger partial charge in [0.2, 0.25) is 0 Å². The topological polar surface area (TPSA) is 102 Å². The molecule has 1 unspecified atom stereocenters. The van der Waals surface area contributed by atoms with Crippen LogP contribution in [0.2, 0.25) is 5.02 Å². The van der Waals surface area contributed by atoms with Crippen LogP contribution >= 0.6 is 23.4 Å². The summed E-state index contributed by atoms with van der Waals surface area (Å²) in [6, 6.07) is 3.86. The molecule has 22 heavy (non-hydrogen) atoms. The van der Waals surface area contributed by atoms with Crippen molar-refractivity contribution < 1.29 is 19.4 Å². The summed E-state index contributed by atoms with van der Waals surface area (Å²) in [5.74, 6) is -1.04. The molecule has 1 aromatic carbocycles. The fourth-order valence-electron chi connectivity index (χ4n) is 1.45. The van der Waals surface area contributed by atoms with Gasteiger partial charge in [0.1, 0.15) is 11.6 Å². The molecule has 0 aliphatic carbocycles. The van der Waals surface area contributed by atoms with Crippen molar-refractivity contribution in [3.63, 3.8) is 0 Å². The van der Waals surface area contributed by atoms with Gasteiger partial charge in [0.25, 0.3) is 0 Å². The van der Waals surface area contributed by atoms with E-state index in [1.54, 1.807) is 39.0 Å². The van der Waals surface area contributed by atoms with Gasteiger partial charge in [0.05, 0.1) is 0 Å². The summed E-state index contributed by atoms with van der Waals surface area (Å²) in [6.45, 7) is 5.10. The molecule has 0 saturated heterocycles. The number of hydrogen-bond acceptors (Lipinski definition) is 5. The van der Waals surface area contributed by atoms with E-state index in [9.17, 15) is 14.7 Å². The van der Waals surface area contributed by atoms with Gasteiger partial charge >= 0.3 is 12.1 Å². The quantitative estimate of drug-likeness (QED) is 0.559. The number of nitrogen functional groups attached to an aromatic ring is 1. The Balaban J connectivity index is 2.65. The maximum atomic E-state index is 11.6. The van der Waals surface area contributed by atoms with E-state index in [2.05, 4.69) is 5.32 Å². The summed E-state index contributed by atoms with van der Waals surface area (Å²) in [5, 5.41) is 12.0. The molecule has 0 aliphatic rings. The number of rotatable bonds is 5. The van der Waals surface area contributed by atoms with Crippen LogP contribution in [0.3, 0.4) is 0 Å². The van der Waals surface area contributed by atoms with E-state index in [0.29, 0.717) is 15.6 Å². The first-order chi connectivity index (χ1) is 10.1. The summed E-state index contributed by atoms with van der Waals surface area (Å²) in [6.07, 6.45) is -0.774. The predicted molar refractivity (Wildman–Crippen MR) is 87.4 cm³/mol. The second kappa shape index (κ2) is 7.60. The average molecular weight is 347 g/mol. The van der Waals surface area contributed by atoms with Crippen molar-refractivity contribution in [3.8, 4) is 0 Å². The monoisotopic (exact) mass is 346 g/mol. The SMILES string of the molecule is CC(C)(C)OC(=O)NC(CSc1ccc(Cl)cc1N)C(=O)O. The number of ether oxygens (including phenoxy) is 1. The van der Waals surface area contributed by atoms with Crippen LogP contribution in [0.5, 0.6) is 0 Å². The highest BCUT2D eigenvalue weighted by atomic mass is 35.5. The van der Waals surface area contributed by atoms with Crippen LogP contribution in [0, 0.1) is 0 Å². The third-order valence-electron chi connectivity index (χ3n) is 2.37. The Morgan fingerprint density at radius 1 is 1.45 bits per heavy atom. The summed E-state index contributed by atoms with van der Waals surface area (Å²) in [7, 11) is 0. The van der Waals surface area contributed by atoms with Crippen molar-refractivity contribution >= 4 is 41.1 Å². The lowest BCUT2D eigenvalue weighted by Gasteiger charge is -2.22. The lowest BCUT2D eigenvalue weighted by atomic mass is 10.2. The van der Waals surface area contributed by atoms with Gasteiger partial charge in [-0.3, -0.25) is 0 Å². The van der Waals surface area contributed by atoms with Crippen molar-refractivity contribution in [1.82, 2.24) is 5.32 Å². The van der Waals surface area contributed by atoms with Crippen LogP contribution in [-0.4, -0.2) is 34.6 Å². The van der Waals surface area contributed by atoms with E-state index in [-0.39, 0.29) is 5.75 Å². The molecule has 1 atom stereocenters. The largest absolute Gasteiger partial charge is 0.480 e. The molecule has 1 amide bonds. The number of carboxylic acids is 1. The third kappa shape index (κ3) is 6.44.